The van der Waals surface area contributed by atoms with E-state index in [2.05, 4.69) is 20.8 Å². The minimum atomic E-state index is -2.40. The molecular formula is C62H113NO14. The fraction of sp³-hybridized carbons (Fsp3) is 0.887. The van der Waals surface area contributed by atoms with Crippen LogP contribution < -0.4 is 0 Å². The Morgan fingerprint density at radius 3 is 0.805 bits per heavy atom. The second-order valence-corrected chi connectivity index (χ2v) is 21.5. The van der Waals surface area contributed by atoms with Crippen molar-refractivity contribution < 1.29 is 66.7 Å². The standard InChI is InChI=1S/C62H113NO14/c1-6-9-12-15-18-21-24-27-30-33-42-55(64)71-47-36-38-50-74-59(68)53-62(77-58(67)45-46-63(4)5,61(70)76-52-41-40-49-73-57(66)44-35-32-29-26-23-20-17-14-11-8-3)54-60(69)75-51-39-37-48-72-56(65)43-34-31-28-25-22-19-16-13-10-7-2/h6-54H2,1-5H3. The Morgan fingerprint density at radius 1 is 0.286 bits per heavy atom. The summed E-state index contributed by atoms with van der Waals surface area (Å²) in [6, 6.07) is 0. The molecule has 0 atom stereocenters. The van der Waals surface area contributed by atoms with Crippen LogP contribution in [0.5, 0.6) is 0 Å². The minimum Gasteiger partial charge on any atom is -0.466 e. The molecule has 15 heteroatoms. The summed E-state index contributed by atoms with van der Waals surface area (Å²) in [4.78, 5) is 93.0. The summed E-state index contributed by atoms with van der Waals surface area (Å²) < 4.78 is 38.5. The average Bonchev–Trinajstić information content (AvgIpc) is 3.40. The third-order valence-corrected chi connectivity index (χ3v) is 13.7. The first kappa shape index (κ1) is 73.2. The summed E-state index contributed by atoms with van der Waals surface area (Å²) in [6.07, 6.45) is 36.7. The van der Waals surface area contributed by atoms with E-state index in [9.17, 15) is 33.6 Å². The highest BCUT2D eigenvalue weighted by Gasteiger charge is 2.49. The Labute approximate surface area is 468 Å². The van der Waals surface area contributed by atoms with E-state index in [0.717, 1.165) is 57.8 Å². The Bertz CT molecular complexity index is 1410. The summed E-state index contributed by atoms with van der Waals surface area (Å²) in [5.41, 5.74) is -2.40. The van der Waals surface area contributed by atoms with E-state index in [4.69, 9.17) is 33.2 Å². The fourth-order valence-electron chi connectivity index (χ4n) is 8.80. The van der Waals surface area contributed by atoms with Gasteiger partial charge in [-0.05, 0) is 71.9 Å². The van der Waals surface area contributed by atoms with Crippen LogP contribution in [0.4, 0.5) is 0 Å². The summed E-state index contributed by atoms with van der Waals surface area (Å²) in [6.45, 7) is 7.09. The van der Waals surface area contributed by atoms with E-state index in [-0.39, 0.29) is 70.5 Å². The first-order valence-corrected chi connectivity index (χ1v) is 31.2. The highest BCUT2D eigenvalue weighted by molar-refractivity contribution is 5.92. The van der Waals surface area contributed by atoms with Crippen molar-refractivity contribution >= 4 is 41.8 Å². The van der Waals surface area contributed by atoms with Gasteiger partial charge in [-0.15, -0.1) is 0 Å². The maximum atomic E-state index is 14.0. The Kier molecular flexibility index (Phi) is 51.6. The molecule has 0 spiro atoms. The minimum absolute atomic E-state index is 0.0687. The molecule has 0 saturated carbocycles. The van der Waals surface area contributed by atoms with E-state index < -0.39 is 42.3 Å². The third-order valence-electron chi connectivity index (χ3n) is 13.7. The van der Waals surface area contributed by atoms with E-state index in [1.165, 1.54) is 135 Å². The van der Waals surface area contributed by atoms with Crippen LogP contribution in [0.25, 0.3) is 0 Å². The number of nitrogens with zero attached hydrogens (tertiary/aromatic N) is 1. The molecule has 0 bridgehead atoms. The van der Waals surface area contributed by atoms with Crippen LogP contribution in [0.1, 0.15) is 290 Å². The lowest BCUT2D eigenvalue weighted by Crippen LogP contribution is -2.49. The zero-order chi connectivity index (χ0) is 56.7. The average molecular weight is 1100 g/mol. The molecule has 0 aromatic carbocycles. The van der Waals surface area contributed by atoms with Crippen LogP contribution in [0.2, 0.25) is 0 Å². The van der Waals surface area contributed by atoms with Crippen LogP contribution >= 0.6 is 0 Å². The van der Waals surface area contributed by atoms with Crippen LogP contribution in [0, 0.1) is 0 Å². The van der Waals surface area contributed by atoms with Crippen LogP contribution in [0.3, 0.4) is 0 Å². The molecule has 0 unspecified atom stereocenters. The van der Waals surface area contributed by atoms with Crippen molar-refractivity contribution in [3.63, 3.8) is 0 Å². The van der Waals surface area contributed by atoms with E-state index >= 15 is 0 Å². The van der Waals surface area contributed by atoms with E-state index in [0.29, 0.717) is 57.8 Å². The lowest BCUT2D eigenvalue weighted by molar-refractivity contribution is -0.191. The zero-order valence-electron chi connectivity index (χ0n) is 49.8. The van der Waals surface area contributed by atoms with Crippen LogP contribution in [-0.4, -0.2) is 113 Å². The smallest absolute Gasteiger partial charge is 0.351 e. The molecule has 0 aliphatic rings. The molecule has 450 valence electrons. The monoisotopic (exact) mass is 1100 g/mol. The Morgan fingerprint density at radius 2 is 0.532 bits per heavy atom. The normalized spacial score (nSPS) is 11.4. The Balaban J connectivity index is 5.30. The number of hydrogen-bond donors (Lipinski definition) is 0. The van der Waals surface area contributed by atoms with Crippen molar-refractivity contribution in [2.75, 3.05) is 60.3 Å². The molecule has 77 heavy (non-hydrogen) atoms. The predicted molar refractivity (Wildman–Crippen MR) is 304 cm³/mol. The summed E-state index contributed by atoms with van der Waals surface area (Å²) in [5, 5.41) is 0. The molecule has 0 aromatic rings. The van der Waals surface area contributed by atoms with Gasteiger partial charge >= 0.3 is 41.8 Å². The number of ether oxygens (including phenoxy) is 7. The second kappa shape index (κ2) is 54.2. The molecule has 0 aliphatic carbocycles. The van der Waals surface area contributed by atoms with Crippen molar-refractivity contribution in [2.24, 2.45) is 0 Å². The van der Waals surface area contributed by atoms with Crippen LogP contribution in [-0.2, 0) is 66.7 Å². The summed E-state index contributed by atoms with van der Waals surface area (Å²) >= 11 is 0. The van der Waals surface area contributed by atoms with Gasteiger partial charge in [0.2, 0.25) is 5.60 Å². The van der Waals surface area contributed by atoms with Gasteiger partial charge in [-0.3, -0.25) is 28.8 Å². The quantitative estimate of drug-likeness (QED) is 0.0318. The molecule has 0 saturated heterocycles. The Hall–Kier alpha value is -3.75. The van der Waals surface area contributed by atoms with E-state index in [1.807, 2.05) is 0 Å². The first-order valence-electron chi connectivity index (χ1n) is 31.2. The number of unbranched alkanes of at least 4 members (excludes halogenated alkanes) is 30. The number of carbonyl (C=O) groups is 7. The lowest BCUT2D eigenvalue weighted by Gasteiger charge is -2.30. The molecular weight excluding hydrogens is 983 g/mol. The van der Waals surface area contributed by atoms with Gasteiger partial charge in [0, 0.05) is 25.8 Å². The van der Waals surface area contributed by atoms with Gasteiger partial charge in [0.05, 0.1) is 58.9 Å². The van der Waals surface area contributed by atoms with Gasteiger partial charge in [0.1, 0.15) is 0 Å². The third kappa shape index (κ3) is 49.1. The van der Waals surface area contributed by atoms with Crippen LogP contribution in [0.15, 0.2) is 0 Å². The molecule has 0 rings (SSSR count). The maximum Gasteiger partial charge on any atom is 0.351 e. The SMILES string of the molecule is CCCCCCCCCCCCC(=O)OCCCCOC(=O)CC(CC(=O)OCCCCOC(=O)CCCCCCCCCCCC)(OC(=O)CCN(C)C)C(=O)OCCCCOC(=O)CCCCCCCCCCCC. The maximum absolute atomic E-state index is 14.0. The number of rotatable bonds is 57. The summed E-state index contributed by atoms with van der Waals surface area (Å²) in [7, 11) is 3.52. The molecule has 0 N–H and O–H groups in total. The first-order chi connectivity index (χ1) is 37.4. The lowest BCUT2D eigenvalue weighted by atomic mass is 9.94. The van der Waals surface area contributed by atoms with E-state index in [1.54, 1.807) is 19.0 Å². The number of carbonyl (C=O) groups excluding carboxylic acids is 7. The largest absolute Gasteiger partial charge is 0.466 e. The molecule has 0 amide bonds. The highest BCUT2D eigenvalue weighted by Crippen LogP contribution is 2.27. The van der Waals surface area contributed by atoms with Crippen molar-refractivity contribution in [1.82, 2.24) is 4.90 Å². The molecule has 0 aromatic heterocycles. The van der Waals surface area contributed by atoms with Gasteiger partial charge in [0.25, 0.3) is 0 Å². The fourth-order valence-corrected chi connectivity index (χ4v) is 8.80. The second-order valence-electron chi connectivity index (χ2n) is 21.5. The van der Waals surface area contributed by atoms with Crippen molar-refractivity contribution in [2.45, 2.75) is 296 Å². The van der Waals surface area contributed by atoms with Crippen molar-refractivity contribution in [3.8, 4) is 0 Å². The molecule has 0 aliphatic heterocycles. The topological polar surface area (TPSA) is 187 Å². The zero-order valence-corrected chi connectivity index (χ0v) is 49.8. The van der Waals surface area contributed by atoms with Gasteiger partial charge < -0.3 is 38.1 Å². The summed E-state index contributed by atoms with van der Waals surface area (Å²) in [5.74, 6) is -4.53. The molecule has 0 heterocycles. The predicted octanol–water partition coefficient (Wildman–Crippen LogP) is 14.5. The van der Waals surface area contributed by atoms with Gasteiger partial charge in [-0.25, -0.2) is 4.79 Å². The molecule has 0 radical (unpaired) electrons. The highest BCUT2D eigenvalue weighted by atomic mass is 16.6. The van der Waals surface area contributed by atoms with Gasteiger partial charge in [-0.1, -0.05) is 194 Å². The van der Waals surface area contributed by atoms with Crippen molar-refractivity contribution in [1.29, 1.82) is 0 Å². The molecule has 15 nitrogen and oxygen atoms in total. The van der Waals surface area contributed by atoms with Gasteiger partial charge in [0.15, 0.2) is 0 Å². The number of esters is 7. The molecule has 0 fully saturated rings. The number of hydrogen-bond acceptors (Lipinski definition) is 15. The van der Waals surface area contributed by atoms with Crippen molar-refractivity contribution in [3.05, 3.63) is 0 Å². The van der Waals surface area contributed by atoms with Gasteiger partial charge in [-0.2, -0.15) is 0 Å².